The van der Waals surface area contributed by atoms with Crippen molar-refractivity contribution in [1.29, 1.82) is 0 Å². The summed E-state index contributed by atoms with van der Waals surface area (Å²) in [5.74, 6) is -0.376. The number of hydrogen-bond acceptors (Lipinski definition) is 7. The van der Waals surface area contributed by atoms with Gasteiger partial charge in [0.05, 0.1) is 12.8 Å². The van der Waals surface area contributed by atoms with Crippen LogP contribution in [0.4, 0.5) is 4.79 Å². The molecule has 1 N–H and O–H groups in total. The molecule has 0 aromatic carbocycles. The van der Waals surface area contributed by atoms with E-state index in [1.54, 1.807) is 6.92 Å². The van der Waals surface area contributed by atoms with Gasteiger partial charge in [-0.1, -0.05) is 0 Å². The van der Waals surface area contributed by atoms with E-state index in [4.69, 9.17) is 4.84 Å². The maximum Gasteiger partial charge on any atom is 0.533 e. The Hall–Kier alpha value is -2.38. The summed E-state index contributed by atoms with van der Waals surface area (Å²) in [4.78, 5) is 19.7. The molecule has 0 atom stereocenters. The van der Waals surface area contributed by atoms with Crippen LogP contribution in [0.15, 0.2) is 12.5 Å². The van der Waals surface area contributed by atoms with E-state index >= 15 is 0 Å². The summed E-state index contributed by atoms with van der Waals surface area (Å²) < 4.78 is 5.55. The first-order valence-electron chi connectivity index (χ1n) is 4.45. The predicted molar refractivity (Wildman–Crippen MR) is 50.6 cm³/mol. The van der Waals surface area contributed by atoms with Gasteiger partial charge in [-0.15, -0.1) is 5.10 Å². The van der Waals surface area contributed by atoms with E-state index in [9.17, 15) is 9.90 Å². The lowest BCUT2D eigenvalue weighted by Crippen LogP contribution is -2.20. The van der Waals surface area contributed by atoms with Gasteiger partial charge in [0.15, 0.2) is 5.52 Å². The van der Waals surface area contributed by atoms with Crippen molar-refractivity contribution in [2.75, 3.05) is 6.61 Å². The van der Waals surface area contributed by atoms with Crippen molar-refractivity contribution in [3.63, 3.8) is 0 Å². The fourth-order valence-corrected chi connectivity index (χ4v) is 1.13. The maximum absolute atomic E-state index is 11.1. The molecule has 2 aromatic rings. The van der Waals surface area contributed by atoms with Crippen molar-refractivity contribution in [2.45, 2.75) is 6.92 Å². The van der Waals surface area contributed by atoms with Crippen LogP contribution in [-0.4, -0.2) is 37.8 Å². The number of imidazole rings is 1. The van der Waals surface area contributed by atoms with Gasteiger partial charge in [0.25, 0.3) is 5.88 Å². The third kappa shape index (κ3) is 1.72. The summed E-state index contributed by atoms with van der Waals surface area (Å²) in [6.45, 7) is 1.84. The highest BCUT2D eigenvalue weighted by atomic mass is 16.8. The molecule has 0 aliphatic heterocycles. The smallest absolute Gasteiger partial charge is 0.491 e. The summed E-state index contributed by atoms with van der Waals surface area (Å²) in [5, 5.41) is 16.3. The Morgan fingerprint density at radius 2 is 2.44 bits per heavy atom. The maximum atomic E-state index is 11.1. The molecule has 84 valence electrons. The zero-order chi connectivity index (χ0) is 11.5. The van der Waals surface area contributed by atoms with E-state index in [1.165, 1.54) is 12.5 Å². The zero-order valence-corrected chi connectivity index (χ0v) is 8.32. The second-order valence-corrected chi connectivity index (χ2v) is 2.75. The molecular formula is C8H8N4O4. The Kier molecular flexibility index (Phi) is 2.54. The zero-order valence-electron chi connectivity index (χ0n) is 8.32. The molecule has 0 radical (unpaired) electrons. The molecule has 8 heteroatoms. The minimum atomic E-state index is -0.891. The molecule has 0 aliphatic rings. The summed E-state index contributed by atoms with van der Waals surface area (Å²) >= 11 is 0. The van der Waals surface area contributed by atoms with Gasteiger partial charge in [-0.25, -0.2) is 9.78 Å². The molecule has 16 heavy (non-hydrogen) atoms. The van der Waals surface area contributed by atoms with Crippen LogP contribution in [0.1, 0.15) is 6.92 Å². The quantitative estimate of drug-likeness (QED) is 0.723. The highest BCUT2D eigenvalue weighted by molar-refractivity contribution is 5.79. The van der Waals surface area contributed by atoms with Gasteiger partial charge in [0.2, 0.25) is 0 Å². The molecule has 0 amide bonds. The van der Waals surface area contributed by atoms with E-state index in [0.29, 0.717) is 5.52 Å². The average molecular weight is 224 g/mol. The molecule has 0 saturated heterocycles. The van der Waals surface area contributed by atoms with E-state index in [2.05, 4.69) is 19.9 Å². The van der Waals surface area contributed by atoms with Gasteiger partial charge in [0.1, 0.15) is 11.8 Å². The normalized spacial score (nSPS) is 10.3. The Labute approximate surface area is 89.4 Å². The number of hydrogen-bond donors (Lipinski definition) is 1. The fourth-order valence-electron chi connectivity index (χ4n) is 1.13. The van der Waals surface area contributed by atoms with Crippen LogP contribution < -0.4 is 4.84 Å². The lowest BCUT2D eigenvalue weighted by Gasteiger charge is -2.04. The number of rotatable bonds is 2. The summed E-state index contributed by atoms with van der Waals surface area (Å²) in [5.41, 5.74) is 0.514. The van der Waals surface area contributed by atoms with Gasteiger partial charge >= 0.3 is 6.16 Å². The lowest BCUT2D eigenvalue weighted by molar-refractivity contribution is 0.0544. The molecule has 2 aromatic heterocycles. The van der Waals surface area contributed by atoms with Gasteiger partial charge in [-0.05, 0) is 6.92 Å². The SMILES string of the molecule is CCOC(=O)On1cnc2cnnc(O)c21. The fraction of sp³-hybridized carbons (Fsp3) is 0.250. The highest BCUT2D eigenvalue weighted by Crippen LogP contribution is 2.18. The number of nitrogens with zero attached hydrogens (tertiary/aromatic N) is 4. The predicted octanol–water partition coefficient (Wildman–Crippen LogP) is 0.117. The van der Waals surface area contributed by atoms with Crippen LogP contribution in [0.5, 0.6) is 5.88 Å². The minimum Gasteiger partial charge on any atom is -0.491 e. The third-order valence-electron chi connectivity index (χ3n) is 1.74. The Morgan fingerprint density at radius 1 is 1.62 bits per heavy atom. The van der Waals surface area contributed by atoms with E-state index in [-0.39, 0.29) is 18.0 Å². The first-order valence-corrected chi connectivity index (χ1v) is 4.45. The van der Waals surface area contributed by atoms with Crippen molar-refractivity contribution in [2.24, 2.45) is 0 Å². The second-order valence-electron chi connectivity index (χ2n) is 2.75. The third-order valence-corrected chi connectivity index (χ3v) is 1.74. The molecule has 2 rings (SSSR count). The molecule has 0 saturated carbocycles. The van der Waals surface area contributed by atoms with Crippen LogP contribution in [0, 0.1) is 0 Å². The van der Waals surface area contributed by atoms with E-state index < -0.39 is 6.16 Å². The van der Waals surface area contributed by atoms with Crippen LogP contribution in [0.2, 0.25) is 0 Å². The van der Waals surface area contributed by atoms with Crippen molar-refractivity contribution in [3.05, 3.63) is 12.5 Å². The molecule has 0 fully saturated rings. The average Bonchev–Trinajstić information content (AvgIpc) is 2.63. The van der Waals surface area contributed by atoms with Crippen molar-refractivity contribution in [1.82, 2.24) is 19.9 Å². The molecular weight excluding hydrogens is 216 g/mol. The topological polar surface area (TPSA) is 99.4 Å². The Morgan fingerprint density at radius 3 is 3.19 bits per heavy atom. The van der Waals surface area contributed by atoms with E-state index in [1.807, 2.05) is 0 Å². The van der Waals surface area contributed by atoms with Gasteiger partial charge in [-0.3, -0.25) is 4.84 Å². The number of fused-ring (bicyclic) bond motifs is 1. The van der Waals surface area contributed by atoms with Crippen molar-refractivity contribution < 1.29 is 19.5 Å². The van der Waals surface area contributed by atoms with Crippen molar-refractivity contribution >= 4 is 17.2 Å². The molecule has 0 spiro atoms. The van der Waals surface area contributed by atoms with Gasteiger partial charge in [-0.2, -0.15) is 9.83 Å². The molecule has 0 bridgehead atoms. The Bertz CT molecular complexity index is 524. The minimum absolute atomic E-state index is 0.156. The molecule has 2 heterocycles. The first-order chi connectivity index (χ1) is 7.72. The molecule has 0 unspecified atom stereocenters. The Balaban J connectivity index is 2.34. The highest BCUT2D eigenvalue weighted by Gasteiger charge is 2.13. The van der Waals surface area contributed by atoms with Crippen LogP contribution in [0.25, 0.3) is 11.0 Å². The summed E-state index contributed by atoms with van der Waals surface area (Å²) in [7, 11) is 0. The number of carbonyl (C=O) groups is 1. The number of aromatic nitrogens is 4. The van der Waals surface area contributed by atoms with Crippen LogP contribution in [-0.2, 0) is 4.74 Å². The lowest BCUT2D eigenvalue weighted by atomic mass is 10.5. The second kappa shape index (κ2) is 4.01. The first kappa shape index (κ1) is 10.1. The van der Waals surface area contributed by atoms with Gasteiger partial charge in [0, 0.05) is 0 Å². The summed E-state index contributed by atoms with van der Waals surface area (Å²) in [6, 6.07) is 0. The largest absolute Gasteiger partial charge is 0.533 e. The summed E-state index contributed by atoms with van der Waals surface area (Å²) in [6.07, 6.45) is 1.66. The van der Waals surface area contributed by atoms with Crippen LogP contribution in [0.3, 0.4) is 0 Å². The molecule has 8 nitrogen and oxygen atoms in total. The van der Waals surface area contributed by atoms with Gasteiger partial charge < -0.3 is 9.84 Å². The molecule has 0 aliphatic carbocycles. The number of carbonyl (C=O) groups excluding carboxylic acids is 1. The number of ether oxygens (including phenoxy) is 1. The van der Waals surface area contributed by atoms with Crippen molar-refractivity contribution in [3.8, 4) is 5.88 Å². The standard InChI is InChI=1S/C8H8N4O4/c1-2-15-8(14)16-12-4-9-5-3-10-11-7(13)6(5)12/h3-4H,2H2,1H3,(H,11,13). The van der Waals surface area contributed by atoms with Crippen LogP contribution >= 0.6 is 0 Å². The van der Waals surface area contributed by atoms with E-state index in [0.717, 1.165) is 4.73 Å². The monoisotopic (exact) mass is 224 g/mol. The number of aromatic hydroxyl groups is 1.